The molecule has 1 aliphatic rings. The number of H-pyrrole nitrogens is 1. The average Bonchev–Trinajstić information content (AvgIpc) is 2.64. The molecule has 2 aromatic rings. The van der Waals surface area contributed by atoms with E-state index in [1.807, 2.05) is 0 Å². The Morgan fingerprint density at radius 3 is 3.07 bits per heavy atom. The first-order valence-corrected chi connectivity index (χ1v) is 5.69. The summed E-state index contributed by atoms with van der Waals surface area (Å²) in [5.74, 6) is 0. The minimum absolute atomic E-state index is 0.615. The van der Waals surface area contributed by atoms with Crippen molar-refractivity contribution in [1.82, 2.24) is 10.3 Å². The van der Waals surface area contributed by atoms with E-state index < -0.39 is 0 Å². The fourth-order valence-corrected chi connectivity index (χ4v) is 2.70. The van der Waals surface area contributed by atoms with Gasteiger partial charge in [-0.1, -0.05) is 19.1 Å². The molecule has 2 heteroatoms. The summed E-state index contributed by atoms with van der Waals surface area (Å²) in [6.07, 6.45) is 4.48. The third-order valence-electron chi connectivity index (χ3n) is 3.30. The molecular formula is C13H16N2. The van der Waals surface area contributed by atoms with E-state index in [-0.39, 0.29) is 0 Å². The van der Waals surface area contributed by atoms with E-state index in [1.54, 1.807) is 0 Å². The summed E-state index contributed by atoms with van der Waals surface area (Å²) in [5.41, 5.74) is 4.25. The first kappa shape index (κ1) is 8.98. The van der Waals surface area contributed by atoms with Gasteiger partial charge in [0.2, 0.25) is 0 Å². The lowest BCUT2D eigenvalue weighted by Crippen LogP contribution is -2.34. The van der Waals surface area contributed by atoms with Crippen LogP contribution in [0, 0.1) is 0 Å². The number of aromatic amines is 1. The zero-order valence-electron chi connectivity index (χ0n) is 9.01. The molecule has 0 radical (unpaired) electrons. The fraction of sp³-hybridized carbons (Fsp3) is 0.385. The van der Waals surface area contributed by atoms with Crippen molar-refractivity contribution in [1.29, 1.82) is 0 Å². The van der Waals surface area contributed by atoms with E-state index in [9.17, 15) is 0 Å². The number of hydrogen-bond acceptors (Lipinski definition) is 1. The van der Waals surface area contributed by atoms with E-state index in [1.165, 1.54) is 22.0 Å². The Hall–Kier alpha value is -1.28. The normalized spacial score (nSPS) is 19.7. The summed E-state index contributed by atoms with van der Waals surface area (Å²) < 4.78 is 0. The van der Waals surface area contributed by atoms with Crippen LogP contribution in [0.1, 0.15) is 18.1 Å². The molecule has 1 aliphatic carbocycles. The first-order chi connectivity index (χ1) is 7.38. The lowest BCUT2D eigenvalue weighted by atomic mass is 9.89. The van der Waals surface area contributed by atoms with Gasteiger partial charge in [0.25, 0.3) is 0 Å². The number of hydrogen-bond donors (Lipinski definition) is 2. The molecule has 3 rings (SSSR count). The second-order valence-corrected chi connectivity index (χ2v) is 4.32. The van der Waals surface area contributed by atoms with Gasteiger partial charge in [0, 0.05) is 23.1 Å². The third kappa shape index (κ3) is 1.37. The predicted molar refractivity (Wildman–Crippen MR) is 63.2 cm³/mol. The van der Waals surface area contributed by atoms with E-state index >= 15 is 0 Å². The molecule has 78 valence electrons. The molecule has 0 saturated heterocycles. The molecular weight excluding hydrogens is 184 g/mol. The molecule has 1 unspecified atom stereocenters. The number of aromatic nitrogens is 1. The van der Waals surface area contributed by atoms with E-state index in [0.29, 0.717) is 6.04 Å². The monoisotopic (exact) mass is 200 g/mol. The highest BCUT2D eigenvalue weighted by Crippen LogP contribution is 2.29. The minimum Gasteiger partial charge on any atom is -0.361 e. The number of benzene rings is 1. The van der Waals surface area contributed by atoms with Crippen molar-refractivity contribution >= 4 is 10.9 Å². The van der Waals surface area contributed by atoms with Gasteiger partial charge in [-0.2, -0.15) is 0 Å². The van der Waals surface area contributed by atoms with Gasteiger partial charge in [0.05, 0.1) is 0 Å². The summed E-state index contributed by atoms with van der Waals surface area (Å²) in [5, 5.41) is 5.01. The maximum Gasteiger partial charge on any atom is 0.0459 e. The maximum absolute atomic E-state index is 3.54. The average molecular weight is 200 g/mol. The lowest BCUT2D eigenvalue weighted by Gasteiger charge is -2.23. The zero-order valence-corrected chi connectivity index (χ0v) is 9.01. The predicted octanol–water partition coefficient (Wildman–Crippen LogP) is 2.24. The largest absolute Gasteiger partial charge is 0.361 e. The van der Waals surface area contributed by atoms with Crippen LogP contribution in [-0.4, -0.2) is 17.6 Å². The Morgan fingerprint density at radius 1 is 1.33 bits per heavy atom. The van der Waals surface area contributed by atoms with Crippen LogP contribution in [-0.2, 0) is 12.8 Å². The summed E-state index contributed by atoms with van der Waals surface area (Å²) in [4.78, 5) is 3.35. The van der Waals surface area contributed by atoms with Crippen molar-refractivity contribution in [2.75, 3.05) is 6.54 Å². The van der Waals surface area contributed by atoms with E-state index in [2.05, 4.69) is 41.6 Å². The number of likely N-dealkylation sites (N-methyl/N-ethyl adjacent to an activating group) is 1. The van der Waals surface area contributed by atoms with Gasteiger partial charge in [-0.05, 0) is 36.6 Å². The van der Waals surface area contributed by atoms with Crippen LogP contribution >= 0.6 is 0 Å². The molecule has 0 aliphatic heterocycles. The second kappa shape index (κ2) is 3.38. The van der Waals surface area contributed by atoms with Gasteiger partial charge in [0.1, 0.15) is 0 Å². The van der Waals surface area contributed by atoms with Gasteiger partial charge in [0.15, 0.2) is 0 Å². The summed E-state index contributed by atoms with van der Waals surface area (Å²) >= 11 is 0. The molecule has 0 fully saturated rings. The zero-order chi connectivity index (χ0) is 10.3. The molecule has 0 saturated carbocycles. The number of rotatable bonds is 2. The standard InChI is InChI=1S/C13H16N2/c1-2-14-11-6-9-4-3-5-12-13(9)10(7-11)8-15-12/h3-5,8,11,14-15H,2,6-7H2,1H3. The minimum atomic E-state index is 0.615. The van der Waals surface area contributed by atoms with Crippen molar-refractivity contribution in [3.8, 4) is 0 Å². The molecule has 0 amide bonds. The quantitative estimate of drug-likeness (QED) is 0.764. The van der Waals surface area contributed by atoms with Crippen molar-refractivity contribution < 1.29 is 0 Å². The van der Waals surface area contributed by atoms with Gasteiger partial charge in [-0.3, -0.25) is 0 Å². The van der Waals surface area contributed by atoms with Crippen molar-refractivity contribution in [2.45, 2.75) is 25.8 Å². The molecule has 2 N–H and O–H groups in total. The Morgan fingerprint density at radius 2 is 2.20 bits per heavy atom. The lowest BCUT2D eigenvalue weighted by molar-refractivity contribution is 0.517. The van der Waals surface area contributed by atoms with Crippen LogP contribution in [0.15, 0.2) is 24.4 Å². The maximum atomic E-state index is 3.54. The Labute approximate surface area is 89.7 Å². The van der Waals surface area contributed by atoms with Gasteiger partial charge in [-0.25, -0.2) is 0 Å². The Bertz CT molecular complexity index is 484. The summed E-state index contributed by atoms with van der Waals surface area (Å²) in [6, 6.07) is 7.18. The fourth-order valence-electron chi connectivity index (χ4n) is 2.70. The van der Waals surface area contributed by atoms with Crippen LogP contribution in [0.5, 0.6) is 0 Å². The van der Waals surface area contributed by atoms with Crippen LogP contribution < -0.4 is 5.32 Å². The smallest absolute Gasteiger partial charge is 0.0459 e. The van der Waals surface area contributed by atoms with Gasteiger partial charge >= 0.3 is 0 Å². The highest BCUT2D eigenvalue weighted by molar-refractivity contribution is 5.87. The Kier molecular flexibility index (Phi) is 2.03. The number of nitrogens with one attached hydrogen (secondary N) is 2. The summed E-state index contributed by atoms with van der Waals surface area (Å²) in [6.45, 7) is 3.23. The second-order valence-electron chi connectivity index (χ2n) is 4.32. The van der Waals surface area contributed by atoms with E-state index in [0.717, 1.165) is 19.4 Å². The van der Waals surface area contributed by atoms with Gasteiger partial charge in [-0.15, -0.1) is 0 Å². The van der Waals surface area contributed by atoms with Crippen molar-refractivity contribution in [2.24, 2.45) is 0 Å². The molecule has 0 bridgehead atoms. The first-order valence-electron chi connectivity index (χ1n) is 5.69. The van der Waals surface area contributed by atoms with Crippen molar-refractivity contribution in [3.63, 3.8) is 0 Å². The molecule has 1 aromatic heterocycles. The SMILES string of the molecule is CCNC1Cc2cccc3[nH]cc(c23)C1. The van der Waals surface area contributed by atoms with Crippen molar-refractivity contribution in [3.05, 3.63) is 35.5 Å². The third-order valence-corrected chi connectivity index (χ3v) is 3.30. The van der Waals surface area contributed by atoms with Crippen LogP contribution in [0.4, 0.5) is 0 Å². The van der Waals surface area contributed by atoms with Crippen LogP contribution in [0.2, 0.25) is 0 Å². The highest BCUT2D eigenvalue weighted by atomic mass is 14.9. The van der Waals surface area contributed by atoms with Crippen LogP contribution in [0.3, 0.4) is 0 Å². The molecule has 1 atom stereocenters. The molecule has 0 spiro atoms. The molecule has 15 heavy (non-hydrogen) atoms. The Balaban J connectivity index is 2.08. The van der Waals surface area contributed by atoms with E-state index in [4.69, 9.17) is 0 Å². The van der Waals surface area contributed by atoms with Gasteiger partial charge < -0.3 is 10.3 Å². The summed E-state index contributed by atoms with van der Waals surface area (Å²) in [7, 11) is 0. The topological polar surface area (TPSA) is 27.8 Å². The highest BCUT2D eigenvalue weighted by Gasteiger charge is 2.20. The molecule has 1 heterocycles. The van der Waals surface area contributed by atoms with Crippen LogP contribution in [0.25, 0.3) is 10.9 Å². The molecule has 1 aromatic carbocycles. The molecule has 2 nitrogen and oxygen atoms in total.